The van der Waals surface area contributed by atoms with Crippen LogP contribution in [-0.2, 0) is 4.79 Å². The minimum absolute atomic E-state index is 0.298. The van der Waals surface area contributed by atoms with Crippen molar-refractivity contribution in [3.8, 4) is 5.75 Å². The summed E-state index contributed by atoms with van der Waals surface area (Å²) in [7, 11) is 0. The molecule has 1 aromatic carbocycles. The molecule has 0 unspecified atom stereocenters. The van der Waals surface area contributed by atoms with Crippen LogP contribution >= 0.6 is 0 Å². The fourth-order valence-electron chi connectivity index (χ4n) is 1.82. The first-order valence-electron chi connectivity index (χ1n) is 7.46. The van der Waals surface area contributed by atoms with Gasteiger partial charge in [0.15, 0.2) is 0 Å². The Morgan fingerprint density at radius 3 is 2.50 bits per heavy atom. The molecule has 126 valence electrons. The van der Waals surface area contributed by atoms with Gasteiger partial charge in [-0.2, -0.15) is 0 Å². The van der Waals surface area contributed by atoms with Crippen LogP contribution < -0.4 is 15.2 Å². The lowest BCUT2D eigenvalue weighted by Crippen LogP contribution is -2.35. The number of carboxylic acids is 1. The second kappa shape index (κ2) is 8.01. The largest absolute Gasteiger partial charge is 0.543 e. The highest BCUT2D eigenvalue weighted by molar-refractivity contribution is 6.02. The maximum atomic E-state index is 12.2. The summed E-state index contributed by atoms with van der Waals surface area (Å²) in [6.45, 7) is 4.65. The van der Waals surface area contributed by atoms with Crippen molar-refractivity contribution in [2.45, 2.75) is 13.8 Å². The summed E-state index contributed by atoms with van der Waals surface area (Å²) in [5.41, 5.74) is -0.0754. The lowest BCUT2D eigenvalue weighted by atomic mass is 10.2. The van der Waals surface area contributed by atoms with Gasteiger partial charge in [-0.25, -0.2) is 0 Å². The van der Waals surface area contributed by atoms with Gasteiger partial charge in [0.25, 0.3) is 5.91 Å². The van der Waals surface area contributed by atoms with Gasteiger partial charge in [-0.05, 0) is 42.3 Å². The SMILES string of the molecule is CC(C)COc1ccc(C(=O)N/C(=C\c2ccco2)C(=O)[O-])cc1. The maximum absolute atomic E-state index is 12.2. The number of amides is 1. The molecule has 0 saturated carbocycles. The second-order valence-electron chi connectivity index (χ2n) is 5.54. The molecule has 0 radical (unpaired) electrons. The zero-order chi connectivity index (χ0) is 17.5. The predicted octanol–water partition coefficient (Wildman–Crippen LogP) is 1.84. The lowest BCUT2D eigenvalue weighted by molar-refractivity contribution is -0.299. The number of carboxylic acid groups (broad SMARTS) is 1. The lowest BCUT2D eigenvalue weighted by Gasteiger charge is -2.11. The minimum atomic E-state index is -1.50. The highest BCUT2D eigenvalue weighted by Gasteiger charge is 2.10. The zero-order valence-electron chi connectivity index (χ0n) is 13.4. The first-order valence-corrected chi connectivity index (χ1v) is 7.46. The van der Waals surface area contributed by atoms with Gasteiger partial charge in [-0.1, -0.05) is 13.8 Å². The molecule has 24 heavy (non-hydrogen) atoms. The van der Waals surface area contributed by atoms with Gasteiger partial charge in [0.1, 0.15) is 11.5 Å². The van der Waals surface area contributed by atoms with Crippen LogP contribution in [0.4, 0.5) is 0 Å². The number of nitrogens with one attached hydrogen (secondary N) is 1. The molecule has 2 aromatic rings. The van der Waals surface area contributed by atoms with Crippen molar-refractivity contribution < 1.29 is 23.8 Å². The molecule has 0 spiro atoms. The molecular weight excluding hydrogens is 310 g/mol. The highest BCUT2D eigenvalue weighted by atomic mass is 16.5. The summed E-state index contributed by atoms with van der Waals surface area (Å²) in [5, 5.41) is 13.4. The van der Waals surface area contributed by atoms with Crippen LogP contribution in [-0.4, -0.2) is 18.5 Å². The topological polar surface area (TPSA) is 91.6 Å². The van der Waals surface area contributed by atoms with Crippen LogP contribution in [0.1, 0.15) is 30.0 Å². The molecule has 1 amide bonds. The smallest absolute Gasteiger partial charge is 0.255 e. The van der Waals surface area contributed by atoms with Crippen LogP contribution in [0.15, 0.2) is 52.8 Å². The summed E-state index contributed by atoms with van der Waals surface area (Å²) in [5.74, 6) is -0.729. The summed E-state index contributed by atoms with van der Waals surface area (Å²) in [6.07, 6.45) is 2.59. The molecule has 1 heterocycles. The Morgan fingerprint density at radius 2 is 1.96 bits per heavy atom. The molecule has 0 aliphatic rings. The van der Waals surface area contributed by atoms with E-state index >= 15 is 0 Å². The van der Waals surface area contributed by atoms with Gasteiger partial charge in [-0.3, -0.25) is 4.79 Å². The van der Waals surface area contributed by atoms with Gasteiger partial charge in [0.2, 0.25) is 0 Å². The van der Waals surface area contributed by atoms with Crippen LogP contribution in [0, 0.1) is 5.92 Å². The molecule has 1 aromatic heterocycles. The first kappa shape index (κ1) is 17.3. The molecule has 0 aliphatic carbocycles. The van der Waals surface area contributed by atoms with E-state index in [4.69, 9.17) is 9.15 Å². The number of hydrogen-bond acceptors (Lipinski definition) is 5. The molecule has 0 fully saturated rings. The highest BCUT2D eigenvalue weighted by Crippen LogP contribution is 2.14. The Bertz CT molecular complexity index is 714. The number of carbonyl (C=O) groups is 2. The Hall–Kier alpha value is -3.02. The molecule has 1 N–H and O–H groups in total. The van der Waals surface area contributed by atoms with Crippen LogP contribution in [0.2, 0.25) is 0 Å². The number of ether oxygens (including phenoxy) is 1. The summed E-state index contributed by atoms with van der Waals surface area (Å²) >= 11 is 0. The summed E-state index contributed by atoms with van der Waals surface area (Å²) in [4.78, 5) is 23.3. The van der Waals surface area contributed by atoms with Crippen molar-refractivity contribution in [1.29, 1.82) is 0 Å². The Labute approximate surface area is 139 Å². The average Bonchev–Trinajstić information content (AvgIpc) is 3.05. The van der Waals surface area contributed by atoms with Crippen molar-refractivity contribution in [1.82, 2.24) is 5.32 Å². The molecule has 0 saturated heterocycles. The molecule has 0 atom stereocenters. The Balaban J connectivity index is 2.06. The number of hydrogen-bond donors (Lipinski definition) is 1. The number of furan rings is 1. The van der Waals surface area contributed by atoms with Crippen molar-refractivity contribution in [2.24, 2.45) is 5.92 Å². The molecule has 6 nitrogen and oxygen atoms in total. The van der Waals surface area contributed by atoms with Crippen molar-refractivity contribution in [2.75, 3.05) is 6.61 Å². The third-order valence-corrected chi connectivity index (χ3v) is 3.00. The van der Waals surface area contributed by atoms with Gasteiger partial charge in [-0.15, -0.1) is 0 Å². The normalized spacial score (nSPS) is 11.4. The van der Waals surface area contributed by atoms with E-state index in [9.17, 15) is 14.7 Å². The Morgan fingerprint density at radius 1 is 1.25 bits per heavy atom. The Kier molecular flexibility index (Phi) is 5.78. The number of rotatable bonds is 7. The third-order valence-electron chi connectivity index (χ3n) is 3.00. The van der Waals surface area contributed by atoms with E-state index in [1.807, 2.05) is 13.8 Å². The average molecular weight is 328 g/mol. The summed E-state index contributed by atoms with van der Waals surface area (Å²) in [6, 6.07) is 9.61. The predicted molar refractivity (Wildman–Crippen MR) is 85.9 cm³/mol. The minimum Gasteiger partial charge on any atom is -0.543 e. The molecule has 0 aliphatic heterocycles. The van der Waals surface area contributed by atoms with E-state index in [1.165, 1.54) is 12.3 Å². The monoisotopic (exact) mass is 328 g/mol. The zero-order valence-corrected chi connectivity index (χ0v) is 13.4. The van der Waals surface area contributed by atoms with Crippen LogP contribution in [0.5, 0.6) is 5.75 Å². The second-order valence-corrected chi connectivity index (χ2v) is 5.54. The standard InChI is InChI=1S/C18H19NO5/c1-12(2)11-24-14-7-5-13(6-8-14)17(20)19-16(18(21)22)10-15-4-3-9-23-15/h3-10,12H,11H2,1-2H3,(H,19,20)(H,21,22)/p-1/b16-10-. The van der Waals surface area contributed by atoms with Gasteiger partial charge in [0.05, 0.1) is 24.5 Å². The van der Waals surface area contributed by atoms with E-state index in [2.05, 4.69) is 5.32 Å². The number of benzene rings is 1. The van der Waals surface area contributed by atoms with E-state index in [1.54, 1.807) is 36.4 Å². The van der Waals surface area contributed by atoms with E-state index < -0.39 is 11.9 Å². The molecule has 2 rings (SSSR count). The first-order chi connectivity index (χ1) is 11.5. The molecule has 0 bridgehead atoms. The van der Waals surface area contributed by atoms with Gasteiger partial charge < -0.3 is 24.4 Å². The van der Waals surface area contributed by atoms with E-state index in [0.717, 1.165) is 0 Å². The molecule has 6 heteroatoms. The van der Waals surface area contributed by atoms with E-state index in [-0.39, 0.29) is 5.70 Å². The third kappa shape index (κ3) is 5.01. The van der Waals surface area contributed by atoms with Gasteiger partial charge in [0, 0.05) is 11.6 Å². The maximum Gasteiger partial charge on any atom is 0.255 e. The summed E-state index contributed by atoms with van der Waals surface area (Å²) < 4.78 is 10.6. The van der Waals surface area contributed by atoms with E-state index in [0.29, 0.717) is 29.6 Å². The van der Waals surface area contributed by atoms with Crippen molar-refractivity contribution >= 4 is 18.0 Å². The van der Waals surface area contributed by atoms with Crippen LogP contribution in [0.3, 0.4) is 0 Å². The van der Waals surface area contributed by atoms with Crippen LogP contribution in [0.25, 0.3) is 6.08 Å². The quantitative estimate of drug-likeness (QED) is 0.783. The number of carbonyl (C=O) groups excluding carboxylic acids is 2. The number of aliphatic carboxylic acids is 1. The molecular formula is C18H18NO5-. The van der Waals surface area contributed by atoms with Gasteiger partial charge >= 0.3 is 0 Å². The van der Waals surface area contributed by atoms with Crippen molar-refractivity contribution in [3.63, 3.8) is 0 Å². The van der Waals surface area contributed by atoms with Crippen molar-refractivity contribution in [3.05, 3.63) is 59.7 Å². The fraction of sp³-hybridized carbons (Fsp3) is 0.222. The fourth-order valence-corrected chi connectivity index (χ4v) is 1.82.